The van der Waals surface area contributed by atoms with Crippen LogP contribution in [0, 0.1) is 6.92 Å². The van der Waals surface area contributed by atoms with E-state index in [0.29, 0.717) is 0 Å². The second-order valence-electron chi connectivity index (χ2n) is 4.20. The molecule has 1 saturated heterocycles. The molecule has 3 rings (SSSR count). The first-order valence-corrected chi connectivity index (χ1v) is 5.57. The number of pyridine rings is 1. The summed E-state index contributed by atoms with van der Waals surface area (Å²) in [7, 11) is 0. The van der Waals surface area contributed by atoms with E-state index in [1.54, 1.807) is 0 Å². The minimum Gasteiger partial charge on any atom is -0.471 e. The van der Waals surface area contributed by atoms with E-state index in [2.05, 4.69) is 22.4 Å². The number of hydrogen-bond donors (Lipinski definition) is 1. The largest absolute Gasteiger partial charge is 0.471 e. The summed E-state index contributed by atoms with van der Waals surface area (Å²) >= 11 is 0. The molecule has 1 aliphatic rings. The van der Waals surface area contributed by atoms with Crippen LogP contribution in [0.25, 0.3) is 10.9 Å². The quantitative estimate of drug-likeness (QED) is 0.829. The van der Waals surface area contributed by atoms with E-state index in [-0.39, 0.29) is 6.10 Å². The highest BCUT2D eigenvalue weighted by Crippen LogP contribution is 2.22. The van der Waals surface area contributed by atoms with Crippen LogP contribution in [0.4, 0.5) is 0 Å². The molecular formula is C13H14N2O. The zero-order valence-corrected chi connectivity index (χ0v) is 9.23. The third kappa shape index (κ3) is 1.63. The van der Waals surface area contributed by atoms with Crippen LogP contribution in [0.1, 0.15) is 5.56 Å². The van der Waals surface area contributed by atoms with Gasteiger partial charge in [0.1, 0.15) is 6.10 Å². The molecule has 82 valence electrons. The van der Waals surface area contributed by atoms with Crippen LogP contribution in [0.2, 0.25) is 0 Å². The highest BCUT2D eigenvalue weighted by atomic mass is 16.5. The number of nitrogens with zero attached hydrogens (tertiary/aromatic N) is 1. The van der Waals surface area contributed by atoms with Crippen LogP contribution in [0.5, 0.6) is 5.88 Å². The summed E-state index contributed by atoms with van der Waals surface area (Å²) in [6.07, 6.45) is 0.285. The highest BCUT2D eigenvalue weighted by molar-refractivity contribution is 5.79. The summed E-state index contributed by atoms with van der Waals surface area (Å²) in [6, 6.07) is 10.2. The molecule has 0 aliphatic carbocycles. The first-order valence-electron chi connectivity index (χ1n) is 5.57. The van der Waals surface area contributed by atoms with E-state index >= 15 is 0 Å². The fourth-order valence-corrected chi connectivity index (χ4v) is 1.83. The summed E-state index contributed by atoms with van der Waals surface area (Å²) in [5.41, 5.74) is 2.10. The molecule has 1 aromatic carbocycles. The Bertz CT molecular complexity index is 520. The van der Waals surface area contributed by atoms with E-state index in [4.69, 9.17) is 4.74 Å². The zero-order valence-electron chi connectivity index (χ0n) is 9.23. The lowest BCUT2D eigenvalue weighted by molar-refractivity contribution is 0.135. The number of aromatic nitrogens is 1. The van der Waals surface area contributed by atoms with Crippen LogP contribution in [0.15, 0.2) is 30.3 Å². The number of benzene rings is 1. The molecule has 0 amide bonds. The second kappa shape index (κ2) is 3.76. The van der Waals surface area contributed by atoms with Crippen molar-refractivity contribution in [2.45, 2.75) is 13.0 Å². The Morgan fingerprint density at radius 3 is 2.88 bits per heavy atom. The van der Waals surface area contributed by atoms with Gasteiger partial charge in [-0.05, 0) is 19.1 Å². The van der Waals surface area contributed by atoms with E-state index in [9.17, 15) is 0 Å². The Hall–Kier alpha value is -1.61. The van der Waals surface area contributed by atoms with Crippen LogP contribution in [-0.2, 0) is 0 Å². The average Bonchev–Trinajstić information content (AvgIpc) is 2.23. The van der Waals surface area contributed by atoms with Gasteiger partial charge in [-0.25, -0.2) is 4.98 Å². The van der Waals surface area contributed by atoms with Gasteiger partial charge in [-0.15, -0.1) is 0 Å². The van der Waals surface area contributed by atoms with E-state index in [1.807, 2.05) is 25.1 Å². The fraction of sp³-hybridized carbons (Fsp3) is 0.308. The molecule has 1 aliphatic heterocycles. The number of hydrogen-bond acceptors (Lipinski definition) is 3. The van der Waals surface area contributed by atoms with Crippen molar-refractivity contribution in [1.82, 2.24) is 10.3 Å². The summed E-state index contributed by atoms with van der Waals surface area (Å²) in [4.78, 5) is 4.55. The molecule has 3 heteroatoms. The van der Waals surface area contributed by atoms with Crippen LogP contribution in [0.3, 0.4) is 0 Å². The van der Waals surface area contributed by atoms with Crippen LogP contribution >= 0.6 is 0 Å². The molecule has 0 atom stereocenters. The summed E-state index contributed by atoms with van der Waals surface area (Å²) in [5.74, 6) is 0.769. The Kier molecular flexibility index (Phi) is 2.26. The average molecular weight is 214 g/mol. The fourth-order valence-electron chi connectivity index (χ4n) is 1.83. The van der Waals surface area contributed by atoms with Gasteiger partial charge in [0.15, 0.2) is 0 Å². The number of ether oxygens (including phenoxy) is 1. The van der Waals surface area contributed by atoms with Crippen molar-refractivity contribution in [3.8, 4) is 5.88 Å². The molecule has 1 fully saturated rings. The summed E-state index contributed by atoms with van der Waals surface area (Å²) < 4.78 is 5.82. The Morgan fingerprint density at radius 1 is 1.31 bits per heavy atom. The van der Waals surface area contributed by atoms with Gasteiger partial charge in [-0.1, -0.05) is 18.2 Å². The molecule has 0 bridgehead atoms. The van der Waals surface area contributed by atoms with Crippen molar-refractivity contribution in [1.29, 1.82) is 0 Å². The van der Waals surface area contributed by atoms with Crippen molar-refractivity contribution in [2.75, 3.05) is 13.1 Å². The lowest BCUT2D eigenvalue weighted by atomic mass is 10.1. The van der Waals surface area contributed by atoms with Crippen molar-refractivity contribution in [2.24, 2.45) is 0 Å². The number of rotatable bonds is 2. The number of nitrogens with one attached hydrogen (secondary N) is 1. The molecule has 1 aromatic heterocycles. The van der Waals surface area contributed by atoms with Gasteiger partial charge in [-0.2, -0.15) is 0 Å². The molecule has 3 nitrogen and oxygen atoms in total. The monoisotopic (exact) mass is 214 g/mol. The van der Waals surface area contributed by atoms with Crippen molar-refractivity contribution in [3.05, 3.63) is 35.9 Å². The van der Waals surface area contributed by atoms with Gasteiger partial charge in [0, 0.05) is 24.0 Å². The van der Waals surface area contributed by atoms with E-state index in [1.165, 1.54) is 5.39 Å². The third-order valence-electron chi connectivity index (χ3n) is 2.89. The van der Waals surface area contributed by atoms with E-state index < -0.39 is 0 Å². The smallest absolute Gasteiger partial charge is 0.217 e. The third-order valence-corrected chi connectivity index (χ3v) is 2.89. The molecule has 2 heterocycles. The predicted molar refractivity (Wildman–Crippen MR) is 63.8 cm³/mol. The standard InChI is InChI=1S/C13H14N2O/c1-9-6-10-4-2-3-5-12(10)15-13(9)16-11-7-14-8-11/h2-6,11,14H,7-8H2,1H3. The Morgan fingerprint density at radius 2 is 2.12 bits per heavy atom. The lowest BCUT2D eigenvalue weighted by Crippen LogP contribution is -2.50. The Balaban J connectivity index is 1.99. The first-order chi connectivity index (χ1) is 7.83. The molecule has 0 spiro atoms. The van der Waals surface area contributed by atoms with Gasteiger partial charge in [-0.3, -0.25) is 0 Å². The van der Waals surface area contributed by atoms with Crippen molar-refractivity contribution in [3.63, 3.8) is 0 Å². The zero-order chi connectivity index (χ0) is 11.0. The van der Waals surface area contributed by atoms with Gasteiger partial charge >= 0.3 is 0 Å². The minimum absolute atomic E-state index is 0.285. The summed E-state index contributed by atoms with van der Waals surface area (Å²) in [6.45, 7) is 3.89. The summed E-state index contributed by atoms with van der Waals surface area (Å²) in [5, 5.41) is 4.35. The van der Waals surface area contributed by atoms with Gasteiger partial charge in [0.25, 0.3) is 0 Å². The number of para-hydroxylation sites is 1. The predicted octanol–water partition coefficient (Wildman–Crippen LogP) is 1.89. The van der Waals surface area contributed by atoms with Crippen molar-refractivity contribution >= 4 is 10.9 Å². The van der Waals surface area contributed by atoms with E-state index in [0.717, 1.165) is 30.0 Å². The lowest BCUT2D eigenvalue weighted by Gasteiger charge is -2.27. The van der Waals surface area contributed by atoms with Crippen LogP contribution < -0.4 is 10.1 Å². The van der Waals surface area contributed by atoms with Gasteiger partial charge < -0.3 is 10.1 Å². The Labute approximate surface area is 94.5 Å². The molecular weight excluding hydrogens is 200 g/mol. The van der Waals surface area contributed by atoms with Gasteiger partial charge in [0.2, 0.25) is 5.88 Å². The maximum atomic E-state index is 5.82. The SMILES string of the molecule is Cc1cc2ccccc2nc1OC1CNC1. The minimum atomic E-state index is 0.285. The molecule has 1 N–H and O–H groups in total. The maximum Gasteiger partial charge on any atom is 0.217 e. The molecule has 2 aromatic rings. The molecule has 16 heavy (non-hydrogen) atoms. The molecule has 0 saturated carbocycles. The topological polar surface area (TPSA) is 34.1 Å². The van der Waals surface area contributed by atoms with Crippen LogP contribution in [-0.4, -0.2) is 24.2 Å². The maximum absolute atomic E-state index is 5.82. The van der Waals surface area contributed by atoms with Gasteiger partial charge in [0.05, 0.1) is 5.52 Å². The molecule has 0 unspecified atom stereocenters. The number of fused-ring (bicyclic) bond motifs is 1. The highest BCUT2D eigenvalue weighted by Gasteiger charge is 2.19. The molecule has 0 radical (unpaired) electrons. The normalized spacial score (nSPS) is 16.1. The number of aryl methyl sites for hydroxylation is 1. The second-order valence-corrected chi connectivity index (χ2v) is 4.20. The first kappa shape index (κ1) is 9.60. The van der Waals surface area contributed by atoms with Crippen molar-refractivity contribution < 1.29 is 4.74 Å².